The number of fused-ring (bicyclic) bond motifs is 1. The van der Waals surface area contributed by atoms with E-state index in [1.54, 1.807) is 31.2 Å². The van der Waals surface area contributed by atoms with E-state index in [4.69, 9.17) is 9.47 Å². The second-order valence-electron chi connectivity index (χ2n) is 8.20. The summed E-state index contributed by atoms with van der Waals surface area (Å²) in [6.07, 6.45) is 7.50. The molecule has 8 nitrogen and oxygen atoms in total. The van der Waals surface area contributed by atoms with E-state index in [0.717, 1.165) is 6.42 Å². The number of carbonyl (C=O) groups is 3. The number of ether oxygens (including phenoxy) is 2. The molecular weight excluding hydrogens is 436 g/mol. The number of nitrogens with zero attached hydrogens (tertiary/aromatic N) is 1. The zero-order chi connectivity index (χ0) is 22.2. The number of halogens is 1. The third kappa shape index (κ3) is 6.84. The number of carboxylic acids is 1. The number of carboxylic acid groups (broad SMARTS) is 1. The van der Waals surface area contributed by atoms with Crippen molar-refractivity contribution in [2.24, 2.45) is 5.92 Å². The van der Waals surface area contributed by atoms with Gasteiger partial charge in [-0.25, -0.2) is 0 Å². The summed E-state index contributed by atoms with van der Waals surface area (Å²) in [5.74, 6) is -0.919. The van der Waals surface area contributed by atoms with Crippen LogP contribution < -0.4 is 15.0 Å². The minimum absolute atomic E-state index is 0. The number of rotatable bonds is 9. The summed E-state index contributed by atoms with van der Waals surface area (Å²) in [7, 11) is 0. The summed E-state index contributed by atoms with van der Waals surface area (Å²) >= 11 is 0. The van der Waals surface area contributed by atoms with Gasteiger partial charge in [0, 0.05) is 0 Å². The molecule has 2 atom stereocenters. The summed E-state index contributed by atoms with van der Waals surface area (Å²) < 4.78 is 11.1. The minimum atomic E-state index is -1.12. The van der Waals surface area contributed by atoms with E-state index < -0.39 is 36.5 Å². The van der Waals surface area contributed by atoms with Crippen LogP contribution in [0.1, 0.15) is 51.9 Å². The molecule has 1 aliphatic heterocycles. The predicted molar refractivity (Wildman–Crippen MR) is 122 cm³/mol. The van der Waals surface area contributed by atoms with E-state index in [0.29, 0.717) is 23.8 Å². The van der Waals surface area contributed by atoms with Crippen LogP contribution in [0.3, 0.4) is 0 Å². The number of nitrogens with one attached hydrogen (secondary N) is 1. The van der Waals surface area contributed by atoms with Crippen LogP contribution in [0.15, 0.2) is 24.3 Å². The molecule has 0 unspecified atom stereocenters. The first-order chi connectivity index (χ1) is 15.0. The molecule has 1 amide bonds. The largest absolute Gasteiger partial charge is 0.489 e. The number of benzene rings is 1. The first kappa shape index (κ1) is 25.9. The summed E-state index contributed by atoms with van der Waals surface area (Å²) in [6.45, 7) is 1.53. The molecule has 0 spiro atoms. The third-order valence-electron chi connectivity index (χ3n) is 5.98. The molecule has 2 aliphatic rings. The van der Waals surface area contributed by atoms with Gasteiger partial charge in [-0.3, -0.25) is 24.6 Å². The van der Waals surface area contributed by atoms with Gasteiger partial charge in [-0.2, -0.15) is 0 Å². The number of aliphatic carboxylic acids is 1. The topological polar surface area (TPSA) is 105 Å². The van der Waals surface area contributed by atoms with Gasteiger partial charge >= 0.3 is 11.9 Å². The van der Waals surface area contributed by atoms with Gasteiger partial charge in [0.2, 0.25) is 5.91 Å². The lowest BCUT2D eigenvalue weighted by atomic mass is 9.85. The van der Waals surface area contributed by atoms with E-state index in [2.05, 4.69) is 5.32 Å². The predicted octanol–water partition coefficient (Wildman–Crippen LogP) is 3.17. The molecule has 1 aliphatic carbocycles. The maximum Gasteiger partial charge on any atom is 0.323 e. The first-order valence-electron chi connectivity index (χ1n) is 11.2. The van der Waals surface area contributed by atoms with Crippen LogP contribution in [-0.2, 0) is 19.1 Å². The molecular formula is C23H33ClN2O6. The molecule has 0 saturated heterocycles. The highest BCUT2D eigenvalue weighted by molar-refractivity contribution is 6.02. The molecule has 1 aromatic rings. The highest BCUT2D eigenvalue weighted by atomic mass is 35.5. The zero-order valence-electron chi connectivity index (χ0n) is 18.5. The highest BCUT2D eigenvalue weighted by Gasteiger charge is 2.35. The molecule has 178 valence electrons. The maximum absolute atomic E-state index is 13.2. The molecule has 1 saturated carbocycles. The number of hydrogen-bond acceptors (Lipinski definition) is 6. The molecule has 3 rings (SSSR count). The standard InChI is InChI=1S/C23H32N2O6.ClH/c1-2-30-23(29)17(13-12-16-8-4-3-5-9-16)24-18-15-31-20-11-7-6-10-19(20)25(22(18)28)14-21(26)27;/h6-7,10-11,16-18,24H,2-5,8-9,12-15H2,1H3,(H,26,27);1H/t17-,18+;/m1./s1. The average molecular weight is 469 g/mol. The van der Waals surface area contributed by atoms with Crippen LogP contribution in [0.4, 0.5) is 5.69 Å². The summed E-state index contributed by atoms with van der Waals surface area (Å²) in [4.78, 5) is 38.5. The fourth-order valence-electron chi connectivity index (χ4n) is 4.40. The lowest BCUT2D eigenvalue weighted by Crippen LogP contribution is -2.54. The number of para-hydroxylation sites is 2. The van der Waals surface area contributed by atoms with E-state index in [1.165, 1.54) is 37.0 Å². The van der Waals surface area contributed by atoms with Crippen molar-refractivity contribution in [1.29, 1.82) is 0 Å². The van der Waals surface area contributed by atoms with Gasteiger partial charge in [0.05, 0.1) is 12.3 Å². The van der Waals surface area contributed by atoms with Gasteiger partial charge in [-0.05, 0) is 37.8 Å². The van der Waals surface area contributed by atoms with Gasteiger partial charge in [-0.1, -0.05) is 44.2 Å². The van der Waals surface area contributed by atoms with Crippen molar-refractivity contribution in [3.05, 3.63) is 24.3 Å². The number of esters is 1. The molecule has 32 heavy (non-hydrogen) atoms. The van der Waals surface area contributed by atoms with Gasteiger partial charge in [0.1, 0.15) is 31.0 Å². The van der Waals surface area contributed by atoms with Crippen molar-refractivity contribution in [3.8, 4) is 5.75 Å². The molecule has 2 N–H and O–H groups in total. The first-order valence-corrected chi connectivity index (χ1v) is 11.2. The van der Waals surface area contributed by atoms with Crippen molar-refractivity contribution >= 4 is 35.9 Å². The summed E-state index contributed by atoms with van der Waals surface area (Å²) in [6, 6.07) is 5.35. The van der Waals surface area contributed by atoms with Crippen molar-refractivity contribution in [2.75, 3.05) is 24.7 Å². The third-order valence-corrected chi connectivity index (χ3v) is 5.98. The highest BCUT2D eigenvalue weighted by Crippen LogP contribution is 2.31. The van der Waals surface area contributed by atoms with Crippen molar-refractivity contribution in [3.63, 3.8) is 0 Å². The van der Waals surface area contributed by atoms with E-state index in [1.807, 2.05) is 0 Å². The Hall–Kier alpha value is -2.32. The van der Waals surface area contributed by atoms with Crippen molar-refractivity contribution in [1.82, 2.24) is 5.32 Å². The van der Waals surface area contributed by atoms with Crippen molar-refractivity contribution in [2.45, 2.75) is 64.0 Å². The molecule has 0 bridgehead atoms. The number of carbonyl (C=O) groups excluding carboxylic acids is 2. The van der Waals surface area contributed by atoms with Crippen LogP contribution in [0.25, 0.3) is 0 Å². The molecule has 1 fully saturated rings. The Morgan fingerprint density at radius 1 is 1.25 bits per heavy atom. The van der Waals surface area contributed by atoms with Crippen LogP contribution in [0, 0.1) is 5.92 Å². The number of anilines is 1. The fourth-order valence-corrected chi connectivity index (χ4v) is 4.40. The quantitative estimate of drug-likeness (QED) is 0.536. The fraction of sp³-hybridized carbons (Fsp3) is 0.609. The smallest absolute Gasteiger partial charge is 0.323 e. The Kier molecular flexibility index (Phi) is 10.3. The van der Waals surface area contributed by atoms with E-state index in [9.17, 15) is 19.5 Å². The second kappa shape index (κ2) is 12.6. The Morgan fingerprint density at radius 3 is 2.66 bits per heavy atom. The van der Waals surface area contributed by atoms with Gasteiger partial charge in [0.25, 0.3) is 0 Å². The van der Waals surface area contributed by atoms with Crippen LogP contribution >= 0.6 is 12.4 Å². The molecule has 0 aromatic heterocycles. The minimum Gasteiger partial charge on any atom is -0.489 e. The second-order valence-corrected chi connectivity index (χ2v) is 8.20. The van der Waals surface area contributed by atoms with Gasteiger partial charge in [0.15, 0.2) is 0 Å². The monoisotopic (exact) mass is 468 g/mol. The van der Waals surface area contributed by atoms with Crippen LogP contribution in [-0.4, -0.2) is 54.8 Å². The normalized spacial score (nSPS) is 19.7. The maximum atomic E-state index is 13.2. The Bertz CT molecular complexity index is 784. The molecule has 1 aromatic carbocycles. The molecule has 9 heteroatoms. The number of amides is 1. The van der Waals surface area contributed by atoms with Crippen molar-refractivity contribution < 1.29 is 29.0 Å². The Balaban J connectivity index is 0.00000363. The number of hydrogen-bond donors (Lipinski definition) is 2. The zero-order valence-corrected chi connectivity index (χ0v) is 19.3. The summed E-state index contributed by atoms with van der Waals surface area (Å²) in [5, 5.41) is 12.5. The summed E-state index contributed by atoms with van der Waals surface area (Å²) in [5.41, 5.74) is 0.411. The SMILES string of the molecule is CCOC(=O)[C@@H](CCC1CCCCC1)N[C@H]1COc2ccccc2N(CC(=O)O)C1=O.Cl. The van der Waals surface area contributed by atoms with E-state index in [-0.39, 0.29) is 25.6 Å². The van der Waals surface area contributed by atoms with Gasteiger partial charge in [-0.15, -0.1) is 12.4 Å². The lowest BCUT2D eigenvalue weighted by Gasteiger charge is -2.27. The average Bonchev–Trinajstić information content (AvgIpc) is 2.89. The van der Waals surface area contributed by atoms with E-state index >= 15 is 0 Å². The van der Waals surface area contributed by atoms with Crippen LogP contribution in [0.2, 0.25) is 0 Å². The van der Waals surface area contributed by atoms with Crippen LogP contribution in [0.5, 0.6) is 5.75 Å². The lowest BCUT2D eigenvalue weighted by molar-refractivity contribution is -0.146. The van der Waals surface area contributed by atoms with Gasteiger partial charge < -0.3 is 14.6 Å². The molecule has 0 radical (unpaired) electrons. The Morgan fingerprint density at radius 2 is 1.97 bits per heavy atom. The Labute approximate surface area is 195 Å². The molecule has 1 heterocycles.